The first-order valence-corrected chi connectivity index (χ1v) is 24.5. The number of ether oxygens (including phenoxy) is 9. The average Bonchev–Trinajstić information content (AvgIpc) is 3.17. The normalized spacial score (nSPS) is 31.5. The predicted molar refractivity (Wildman–Crippen MR) is 256 cm³/mol. The van der Waals surface area contributed by atoms with Gasteiger partial charge in [0.1, 0.15) is 89.0 Å². The number of carbonyl (C=O) groups excluding carboxylic acids is 5. The molecule has 2 aliphatic heterocycles. The van der Waals surface area contributed by atoms with Crippen molar-refractivity contribution < 1.29 is 92.1 Å². The fourth-order valence-corrected chi connectivity index (χ4v) is 7.75. The number of aliphatic hydroxyl groups is 5. The zero-order chi connectivity index (χ0) is 54.9. The van der Waals surface area contributed by atoms with E-state index in [9.17, 15) is 49.5 Å². The van der Waals surface area contributed by atoms with Gasteiger partial charge >= 0.3 is 30.5 Å². The number of alkyl carbamates (subject to hydrolysis) is 5. The van der Waals surface area contributed by atoms with Gasteiger partial charge < -0.3 is 100 Å². The van der Waals surface area contributed by atoms with Crippen LogP contribution < -0.4 is 31.9 Å². The molecule has 72 heavy (non-hydrogen) atoms. The lowest BCUT2D eigenvalue weighted by Gasteiger charge is -2.50. The predicted octanol–water partition coefficient (Wildman–Crippen LogP) is 1.90. The summed E-state index contributed by atoms with van der Waals surface area (Å²) in [5.74, 6) is 0. The van der Waals surface area contributed by atoms with E-state index in [1.54, 1.807) is 104 Å². The minimum absolute atomic E-state index is 0.00382. The monoisotopic (exact) mass is 1040 g/mol. The number of unbranched alkanes of at least 4 members (excludes halogenated alkanes) is 1. The Hall–Kier alpha value is -4.05. The van der Waals surface area contributed by atoms with Crippen LogP contribution in [0.3, 0.4) is 0 Å². The topological polar surface area (TPSA) is 342 Å². The summed E-state index contributed by atoms with van der Waals surface area (Å²) < 4.78 is 52.7. The molecular weight excluding hydrogens is 953 g/mol. The minimum atomic E-state index is -2.01. The Labute approximate surface area is 423 Å². The number of amides is 5. The quantitative estimate of drug-likeness (QED) is 0.0824. The molecule has 25 heteroatoms. The highest BCUT2D eigenvalue weighted by Gasteiger charge is 2.55. The lowest BCUT2D eigenvalue weighted by Crippen LogP contribution is -2.71. The third-order valence-electron chi connectivity index (χ3n) is 10.6. The average molecular weight is 1040 g/mol. The molecule has 418 valence electrons. The molecule has 0 aromatic rings. The third-order valence-corrected chi connectivity index (χ3v) is 10.6. The van der Waals surface area contributed by atoms with E-state index in [2.05, 4.69) is 31.9 Å². The number of carbonyl (C=O) groups is 5. The van der Waals surface area contributed by atoms with Crippen molar-refractivity contribution in [3.8, 4) is 0 Å². The van der Waals surface area contributed by atoms with Gasteiger partial charge in [0.25, 0.3) is 0 Å². The smallest absolute Gasteiger partial charge is 0.408 e. The van der Waals surface area contributed by atoms with E-state index in [1.165, 1.54) is 0 Å². The Kier molecular flexibility index (Phi) is 22.0. The van der Waals surface area contributed by atoms with Gasteiger partial charge in [0.2, 0.25) is 0 Å². The van der Waals surface area contributed by atoms with Crippen LogP contribution in [0.2, 0.25) is 0 Å². The fourth-order valence-electron chi connectivity index (χ4n) is 7.75. The standard InChI is InChI=1S/C47H86N6O19/c1-17-18-19-48-21-25-29(54)27(52-41(62)71-46(11,12)13)32(57)37(65-25)67-35-24(51-40(61)70-45(8,9)10)20-23(50-39(60)69-44(5,6)7)34(33(35)58)66-36-28(53-42(63)72-47(14,15)16)31(56)30(55)26(64-36)22-49-38(59)68-43(2,3)4/h23-37,48,54-58H,17-22H2,1-16H3,(H,49,59)(H,50,60)(H,51,61)(H,52,62)(H,53,63). The van der Waals surface area contributed by atoms with Crippen LogP contribution in [0.15, 0.2) is 0 Å². The molecule has 15 unspecified atom stereocenters. The van der Waals surface area contributed by atoms with Crippen molar-refractivity contribution in [2.45, 2.75) is 250 Å². The molecule has 0 aromatic carbocycles. The molecule has 1 saturated carbocycles. The van der Waals surface area contributed by atoms with Crippen LogP contribution in [0.4, 0.5) is 24.0 Å². The van der Waals surface area contributed by atoms with E-state index < -0.39 is 157 Å². The highest BCUT2D eigenvalue weighted by molar-refractivity contribution is 5.70. The van der Waals surface area contributed by atoms with Crippen molar-refractivity contribution >= 4 is 30.5 Å². The van der Waals surface area contributed by atoms with E-state index in [0.717, 1.165) is 12.8 Å². The van der Waals surface area contributed by atoms with E-state index in [0.29, 0.717) is 6.54 Å². The molecule has 0 radical (unpaired) electrons. The van der Waals surface area contributed by atoms with Crippen molar-refractivity contribution in [2.75, 3.05) is 19.6 Å². The molecule has 2 heterocycles. The van der Waals surface area contributed by atoms with E-state index in [4.69, 9.17) is 42.6 Å². The second-order valence-corrected chi connectivity index (χ2v) is 23.3. The number of hydrogen-bond donors (Lipinski definition) is 11. The highest BCUT2D eigenvalue weighted by Crippen LogP contribution is 2.34. The summed E-state index contributed by atoms with van der Waals surface area (Å²) in [6, 6.07) is -5.86. The van der Waals surface area contributed by atoms with Crippen LogP contribution >= 0.6 is 0 Å². The first-order chi connectivity index (χ1) is 32.9. The van der Waals surface area contributed by atoms with Crippen molar-refractivity contribution in [1.29, 1.82) is 0 Å². The summed E-state index contributed by atoms with van der Waals surface area (Å²) in [6.07, 6.45) is -22.4. The summed E-state index contributed by atoms with van der Waals surface area (Å²) in [5, 5.41) is 75.1. The molecule has 2 saturated heterocycles. The molecule has 25 nitrogen and oxygen atoms in total. The first kappa shape index (κ1) is 62.2. The molecule has 3 aliphatic rings. The van der Waals surface area contributed by atoms with Gasteiger partial charge in [0, 0.05) is 13.1 Å². The molecule has 5 amide bonds. The van der Waals surface area contributed by atoms with Gasteiger partial charge in [-0.1, -0.05) is 13.3 Å². The maximum absolute atomic E-state index is 13.6. The Morgan fingerprint density at radius 1 is 0.472 bits per heavy atom. The van der Waals surface area contributed by atoms with Gasteiger partial charge in [-0.3, -0.25) is 0 Å². The van der Waals surface area contributed by atoms with Crippen LogP contribution in [0.1, 0.15) is 130 Å². The molecule has 0 spiro atoms. The van der Waals surface area contributed by atoms with Crippen LogP contribution in [-0.4, -0.2) is 195 Å². The van der Waals surface area contributed by atoms with Gasteiger partial charge in [-0.2, -0.15) is 0 Å². The summed E-state index contributed by atoms with van der Waals surface area (Å²) in [6.45, 7) is 26.3. The van der Waals surface area contributed by atoms with Crippen LogP contribution in [0.25, 0.3) is 0 Å². The van der Waals surface area contributed by atoms with Crippen LogP contribution in [-0.2, 0) is 42.6 Å². The molecule has 0 bridgehead atoms. The SMILES string of the molecule is CCCCNCC1OC(OC2C(NC(=O)OC(C)(C)C)CC(NC(=O)OC(C)(C)C)C(OC3OC(CNC(=O)OC(C)(C)C)C(O)C(O)C3NC(=O)OC(C)(C)C)C2O)C(O)C(NC(=O)OC(C)(C)C)C1O. The van der Waals surface area contributed by atoms with Gasteiger partial charge in [0.15, 0.2) is 12.6 Å². The van der Waals surface area contributed by atoms with E-state index in [1.807, 2.05) is 6.92 Å². The van der Waals surface area contributed by atoms with Gasteiger partial charge in [-0.25, -0.2) is 24.0 Å². The second kappa shape index (κ2) is 25.5. The molecule has 1 aliphatic carbocycles. The Morgan fingerprint density at radius 2 is 0.861 bits per heavy atom. The van der Waals surface area contributed by atoms with Gasteiger partial charge in [-0.05, 0) is 123 Å². The van der Waals surface area contributed by atoms with Crippen molar-refractivity contribution in [3.63, 3.8) is 0 Å². The summed E-state index contributed by atoms with van der Waals surface area (Å²) in [7, 11) is 0. The molecule has 0 aromatic heterocycles. The van der Waals surface area contributed by atoms with Crippen LogP contribution in [0, 0.1) is 0 Å². The summed E-state index contributed by atoms with van der Waals surface area (Å²) in [4.78, 5) is 66.4. The molecule has 3 fully saturated rings. The van der Waals surface area contributed by atoms with Gasteiger partial charge in [-0.15, -0.1) is 0 Å². The number of hydrogen-bond acceptors (Lipinski definition) is 20. The maximum Gasteiger partial charge on any atom is 0.408 e. The lowest BCUT2D eigenvalue weighted by atomic mass is 9.83. The van der Waals surface area contributed by atoms with Crippen LogP contribution in [0.5, 0.6) is 0 Å². The van der Waals surface area contributed by atoms with Crippen molar-refractivity contribution in [1.82, 2.24) is 31.9 Å². The Balaban J connectivity index is 2.20. The molecule has 15 atom stereocenters. The largest absolute Gasteiger partial charge is 0.444 e. The fraction of sp³-hybridized carbons (Fsp3) is 0.894. The number of rotatable bonds is 15. The molecule has 11 N–H and O–H groups in total. The summed E-state index contributed by atoms with van der Waals surface area (Å²) >= 11 is 0. The first-order valence-electron chi connectivity index (χ1n) is 24.5. The highest BCUT2D eigenvalue weighted by atomic mass is 16.7. The van der Waals surface area contributed by atoms with Gasteiger partial charge in [0.05, 0.1) is 18.1 Å². The summed E-state index contributed by atoms with van der Waals surface area (Å²) in [5.41, 5.74) is -5.00. The maximum atomic E-state index is 13.6. The third kappa shape index (κ3) is 20.7. The Morgan fingerprint density at radius 3 is 1.31 bits per heavy atom. The Bertz CT molecular complexity index is 1780. The van der Waals surface area contributed by atoms with Crippen molar-refractivity contribution in [2.24, 2.45) is 0 Å². The van der Waals surface area contributed by atoms with E-state index >= 15 is 0 Å². The number of aliphatic hydroxyl groups excluding tert-OH is 5. The number of nitrogens with one attached hydrogen (secondary N) is 6. The van der Waals surface area contributed by atoms with E-state index in [-0.39, 0.29) is 13.0 Å². The molecule has 3 rings (SSSR count). The minimum Gasteiger partial charge on any atom is -0.444 e. The second-order valence-electron chi connectivity index (χ2n) is 23.3. The molecular formula is C47H86N6O19. The zero-order valence-electron chi connectivity index (χ0n) is 44.9. The van der Waals surface area contributed by atoms with Crippen molar-refractivity contribution in [3.05, 3.63) is 0 Å². The zero-order valence-corrected chi connectivity index (χ0v) is 44.9. The lowest BCUT2D eigenvalue weighted by molar-refractivity contribution is -0.320.